The van der Waals surface area contributed by atoms with Crippen molar-refractivity contribution >= 4 is 27.5 Å². The molecular formula is C19H30N4O4S. The maximum Gasteiger partial charge on any atom is 0.243 e. The van der Waals surface area contributed by atoms with Crippen LogP contribution in [-0.2, 0) is 26.0 Å². The Morgan fingerprint density at radius 1 is 1.21 bits per heavy atom. The molecule has 2 amide bonds. The highest BCUT2D eigenvalue weighted by Crippen LogP contribution is 2.34. The Labute approximate surface area is 167 Å². The number of hydrogen-bond acceptors (Lipinski definition) is 5. The minimum atomic E-state index is -3.60. The summed E-state index contributed by atoms with van der Waals surface area (Å²) >= 11 is 0. The van der Waals surface area contributed by atoms with Crippen LogP contribution in [0.3, 0.4) is 0 Å². The summed E-state index contributed by atoms with van der Waals surface area (Å²) in [5.74, 6) is -0.479. The van der Waals surface area contributed by atoms with Crippen molar-refractivity contribution < 1.29 is 18.0 Å². The Kier molecular flexibility index (Phi) is 7.19. The van der Waals surface area contributed by atoms with Crippen LogP contribution in [0.15, 0.2) is 23.1 Å². The van der Waals surface area contributed by atoms with Gasteiger partial charge < -0.3 is 10.2 Å². The smallest absolute Gasteiger partial charge is 0.243 e. The van der Waals surface area contributed by atoms with Crippen molar-refractivity contribution in [3.8, 4) is 0 Å². The summed E-state index contributed by atoms with van der Waals surface area (Å²) in [4.78, 5) is 28.4. The molecule has 156 valence electrons. The lowest BCUT2D eigenvalue weighted by atomic mass is 10.1. The number of carbonyl (C=O) groups is 2. The topological polar surface area (TPSA) is 90.0 Å². The van der Waals surface area contributed by atoms with Crippen LogP contribution in [0.2, 0.25) is 0 Å². The SMILES string of the molecule is CCN(CC)S(=O)(=O)c1ccc2c(c1)CC(C(=O)NCCN(C)C)N2C(C)=O. The number of amides is 2. The number of nitrogens with one attached hydrogen (secondary N) is 1. The third-order valence-corrected chi connectivity index (χ3v) is 6.92. The number of sulfonamides is 1. The zero-order valence-corrected chi connectivity index (χ0v) is 18.0. The monoisotopic (exact) mass is 410 g/mol. The van der Waals surface area contributed by atoms with E-state index in [0.29, 0.717) is 43.9 Å². The molecule has 0 aromatic heterocycles. The third-order valence-electron chi connectivity index (χ3n) is 4.88. The van der Waals surface area contributed by atoms with E-state index in [-0.39, 0.29) is 16.7 Å². The van der Waals surface area contributed by atoms with E-state index in [4.69, 9.17) is 0 Å². The van der Waals surface area contributed by atoms with Crippen molar-refractivity contribution in [2.75, 3.05) is 45.2 Å². The first-order chi connectivity index (χ1) is 13.1. The van der Waals surface area contributed by atoms with E-state index in [1.165, 1.54) is 22.2 Å². The van der Waals surface area contributed by atoms with E-state index in [1.807, 2.05) is 19.0 Å². The second-order valence-corrected chi connectivity index (χ2v) is 9.02. The van der Waals surface area contributed by atoms with Crippen molar-refractivity contribution in [3.05, 3.63) is 23.8 Å². The Morgan fingerprint density at radius 3 is 2.39 bits per heavy atom. The second-order valence-electron chi connectivity index (χ2n) is 7.08. The molecule has 1 aliphatic rings. The molecule has 0 bridgehead atoms. The summed E-state index contributed by atoms with van der Waals surface area (Å²) in [7, 11) is 0.230. The van der Waals surface area contributed by atoms with Gasteiger partial charge >= 0.3 is 0 Å². The second kappa shape index (κ2) is 9.02. The molecule has 28 heavy (non-hydrogen) atoms. The number of fused-ring (bicyclic) bond motifs is 1. The van der Waals surface area contributed by atoms with E-state index in [9.17, 15) is 18.0 Å². The zero-order chi connectivity index (χ0) is 21.1. The van der Waals surface area contributed by atoms with Gasteiger partial charge in [0.2, 0.25) is 21.8 Å². The summed E-state index contributed by atoms with van der Waals surface area (Å²) in [6, 6.07) is 4.06. The Morgan fingerprint density at radius 2 is 1.86 bits per heavy atom. The fourth-order valence-corrected chi connectivity index (χ4v) is 4.93. The minimum absolute atomic E-state index is 0.187. The van der Waals surface area contributed by atoms with Gasteiger partial charge in [-0.15, -0.1) is 0 Å². The van der Waals surface area contributed by atoms with Gasteiger partial charge in [0.05, 0.1) is 4.90 Å². The maximum atomic E-state index is 12.8. The summed E-state index contributed by atoms with van der Waals surface area (Å²) in [5.41, 5.74) is 1.29. The van der Waals surface area contributed by atoms with Gasteiger partial charge in [-0.05, 0) is 37.9 Å². The lowest BCUT2D eigenvalue weighted by Crippen LogP contribution is -2.48. The standard InChI is InChI=1S/C19H30N4O4S/c1-6-22(7-2)28(26,27)16-8-9-17-15(12-16)13-18(23(17)14(3)24)19(25)20-10-11-21(4)5/h8-9,12,18H,6-7,10-11,13H2,1-5H3,(H,20,25). The van der Waals surface area contributed by atoms with E-state index < -0.39 is 16.1 Å². The van der Waals surface area contributed by atoms with Crippen molar-refractivity contribution in [1.29, 1.82) is 0 Å². The summed E-state index contributed by atoms with van der Waals surface area (Å²) in [6.07, 6.45) is 0.296. The molecule has 1 heterocycles. The lowest BCUT2D eigenvalue weighted by Gasteiger charge is -2.24. The molecule has 2 rings (SSSR count). The van der Waals surface area contributed by atoms with Crippen LogP contribution in [-0.4, -0.2) is 75.8 Å². The molecule has 0 saturated carbocycles. The predicted molar refractivity (Wildman–Crippen MR) is 109 cm³/mol. The first kappa shape index (κ1) is 22.3. The molecule has 1 N–H and O–H groups in total. The first-order valence-electron chi connectivity index (χ1n) is 9.48. The predicted octanol–water partition coefficient (Wildman–Crippen LogP) is 0.673. The number of likely N-dealkylation sites (N-methyl/N-ethyl adjacent to an activating group) is 1. The fourth-order valence-electron chi connectivity index (χ4n) is 3.42. The van der Waals surface area contributed by atoms with Gasteiger partial charge in [-0.3, -0.25) is 14.5 Å². The molecular weight excluding hydrogens is 380 g/mol. The van der Waals surface area contributed by atoms with Crippen LogP contribution in [0.5, 0.6) is 0 Å². The van der Waals surface area contributed by atoms with Gasteiger partial charge in [-0.2, -0.15) is 4.31 Å². The average molecular weight is 411 g/mol. The highest BCUT2D eigenvalue weighted by Gasteiger charge is 2.37. The highest BCUT2D eigenvalue weighted by atomic mass is 32.2. The number of anilines is 1. The lowest BCUT2D eigenvalue weighted by molar-refractivity contribution is -0.125. The van der Waals surface area contributed by atoms with Crippen molar-refractivity contribution in [1.82, 2.24) is 14.5 Å². The van der Waals surface area contributed by atoms with E-state index >= 15 is 0 Å². The molecule has 1 unspecified atom stereocenters. The largest absolute Gasteiger partial charge is 0.353 e. The van der Waals surface area contributed by atoms with Crippen LogP contribution in [0.1, 0.15) is 26.3 Å². The molecule has 1 aromatic rings. The molecule has 0 fully saturated rings. The highest BCUT2D eigenvalue weighted by molar-refractivity contribution is 7.89. The Hall–Kier alpha value is -1.97. The van der Waals surface area contributed by atoms with Crippen LogP contribution in [0.4, 0.5) is 5.69 Å². The van der Waals surface area contributed by atoms with Crippen LogP contribution in [0.25, 0.3) is 0 Å². The molecule has 1 aliphatic heterocycles. The number of rotatable bonds is 8. The Bertz CT molecular complexity index is 834. The summed E-state index contributed by atoms with van der Waals surface area (Å²) in [6.45, 7) is 6.93. The number of hydrogen-bond donors (Lipinski definition) is 1. The molecule has 0 aliphatic carbocycles. The average Bonchev–Trinajstić information content (AvgIpc) is 3.01. The molecule has 1 aromatic carbocycles. The van der Waals surface area contributed by atoms with Crippen molar-refractivity contribution in [2.45, 2.75) is 38.1 Å². The van der Waals surface area contributed by atoms with E-state index in [1.54, 1.807) is 26.0 Å². The normalized spacial score (nSPS) is 16.5. The van der Waals surface area contributed by atoms with Crippen LogP contribution >= 0.6 is 0 Å². The first-order valence-corrected chi connectivity index (χ1v) is 10.9. The third kappa shape index (κ3) is 4.53. The van der Waals surface area contributed by atoms with E-state index in [2.05, 4.69) is 5.32 Å². The molecule has 8 nitrogen and oxygen atoms in total. The maximum absolute atomic E-state index is 12.8. The zero-order valence-electron chi connectivity index (χ0n) is 17.2. The van der Waals surface area contributed by atoms with Crippen molar-refractivity contribution in [3.63, 3.8) is 0 Å². The van der Waals surface area contributed by atoms with Crippen molar-refractivity contribution in [2.24, 2.45) is 0 Å². The van der Waals surface area contributed by atoms with Gasteiger partial charge in [-0.1, -0.05) is 13.8 Å². The number of benzene rings is 1. The van der Waals surface area contributed by atoms with Crippen LogP contribution < -0.4 is 10.2 Å². The molecule has 0 spiro atoms. The molecule has 1 atom stereocenters. The van der Waals surface area contributed by atoms with Gasteiger partial charge in [-0.25, -0.2) is 8.42 Å². The quantitative estimate of drug-likeness (QED) is 0.680. The molecule has 0 radical (unpaired) electrons. The minimum Gasteiger partial charge on any atom is -0.353 e. The Balaban J connectivity index is 2.31. The van der Waals surface area contributed by atoms with Gasteiger partial charge in [0.15, 0.2) is 0 Å². The summed E-state index contributed by atoms with van der Waals surface area (Å²) in [5, 5.41) is 2.86. The van der Waals surface area contributed by atoms with Gasteiger partial charge in [0, 0.05) is 45.2 Å². The van der Waals surface area contributed by atoms with Gasteiger partial charge in [0.25, 0.3) is 0 Å². The fraction of sp³-hybridized carbons (Fsp3) is 0.579. The summed E-state index contributed by atoms with van der Waals surface area (Å²) < 4.78 is 27.0. The van der Waals surface area contributed by atoms with Crippen LogP contribution in [0, 0.1) is 0 Å². The molecule has 0 saturated heterocycles. The molecule has 9 heteroatoms. The van der Waals surface area contributed by atoms with Gasteiger partial charge in [0.1, 0.15) is 6.04 Å². The van der Waals surface area contributed by atoms with E-state index in [0.717, 1.165) is 0 Å². The number of carbonyl (C=O) groups excluding carboxylic acids is 2. The number of nitrogens with zero attached hydrogens (tertiary/aromatic N) is 3.